The monoisotopic (exact) mass is 428 g/mol. The molecule has 3 nitrogen and oxygen atoms in total. The first-order valence-electron chi connectivity index (χ1n) is 10.5. The Morgan fingerprint density at radius 1 is 0.806 bits per heavy atom. The first-order valence-corrected chi connectivity index (χ1v) is 11.5. The third-order valence-corrected chi connectivity index (χ3v) is 7.46. The summed E-state index contributed by atoms with van der Waals surface area (Å²) in [5.41, 5.74) is 2.29. The van der Waals surface area contributed by atoms with Gasteiger partial charge in [0.05, 0.1) is 5.25 Å². The second kappa shape index (κ2) is 9.88. The lowest BCUT2D eigenvalue weighted by Crippen LogP contribution is -2.41. The van der Waals surface area contributed by atoms with Crippen molar-refractivity contribution in [3.8, 4) is 0 Å². The fraction of sp³-hybridized carbons (Fsp3) is 0.222. The van der Waals surface area contributed by atoms with Gasteiger partial charge in [0, 0.05) is 29.4 Å². The van der Waals surface area contributed by atoms with Crippen LogP contribution in [0.15, 0.2) is 91.0 Å². The summed E-state index contributed by atoms with van der Waals surface area (Å²) < 4.78 is 0. The van der Waals surface area contributed by atoms with Crippen molar-refractivity contribution in [2.24, 2.45) is 11.8 Å². The molecule has 1 heterocycles. The molecule has 4 rings (SSSR count). The van der Waals surface area contributed by atoms with Gasteiger partial charge in [0.1, 0.15) is 6.29 Å². The number of carbonyl (C=O) groups is 3. The lowest BCUT2D eigenvalue weighted by Gasteiger charge is -2.40. The van der Waals surface area contributed by atoms with Gasteiger partial charge in [-0.25, -0.2) is 0 Å². The number of hydrogen-bond acceptors (Lipinski definition) is 4. The van der Waals surface area contributed by atoms with Crippen LogP contribution in [-0.4, -0.2) is 28.9 Å². The second-order valence-corrected chi connectivity index (χ2v) is 9.06. The van der Waals surface area contributed by atoms with E-state index in [0.717, 1.165) is 11.8 Å². The summed E-state index contributed by atoms with van der Waals surface area (Å²) in [5, 5.41) is -0.358. The molecule has 156 valence electrons. The third kappa shape index (κ3) is 4.70. The summed E-state index contributed by atoms with van der Waals surface area (Å²) in [5.74, 6) is -0.0843. The maximum absolute atomic E-state index is 13.4. The zero-order valence-electron chi connectivity index (χ0n) is 17.1. The Morgan fingerprint density at radius 3 is 1.94 bits per heavy atom. The first-order chi connectivity index (χ1) is 15.2. The maximum Gasteiger partial charge on any atom is 0.176 e. The Balaban J connectivity index is 1.65. The smallest absolute Gasteiger partial charge is 0.176 e. The average Bonchev–Trinajstić information content (AvgIpc) is 2.85. The van der Waals surface area contributed by atoms with E-state index >= 15 is 0 Å². The number of aldehydes is 1. The zero-order valence-corrected chi connectivity index (χ0v) is 17.9. The van der Waals surface area contributed by atoms with Gasteiger partial charge in [0.25, 0.3) is 0 Å². The summed E-state index contributed by atoms with van der Waals surface area (Å²) in [4.78, 5) is 38.6. The van der Waals surface area contributed by atoms with Crippen molar-refractivity contribution in [1.82, 2.24) is 0 Å². The maximum atomic E-state index is 13.4. The average molecular weight is 429 g/mol. The molecule has 0 bridgehead atoms. The van der Waals surface area contributed by atoms with Crippen molar-refractivity contribution < 1.29 is 14.4 Å². The second-order valence-electron chi connectivity index (χ2n) is 7.89. The van der Waals surface area contributed by atoms with E-state index < -0.39 is 5.92 Å². The topological polar surface area (TPSA) is 51.2 Å². The van der Waals surface area contributed by atoms with Crippen LogP contribution in [0.1, 0.15) is 38.6 Å². The fourth-order valence-corrected chi connectivity index (χ4v) is 6.01. The van der Waals surface area contributed by atoms with Gasteiger partial charge >= 0.3 is 0 Å². The Kier molecular flexibility index (Phi) is 6.78. The standard InChI is InChI=1S/C27H24O3S/c28-17-23-22(16-24(29)19-10-4-1-5-11-19)18-31-27(25(23)20-12-6-2-7-13-20)26(30)21-14-8-3-9-15-21/h1-15,17,22-23,25,27H,16,18H2/t22-,23+,25-,27-/m1/s1. The highest BCUT2D eigenvalue weighted by molar-refractivity contribution is 8.00. The van der Waals surface area contributed by atoms with Crippen molar-refractivity contribution in [3.05, 3.63) is 108 Å². The largest absolute Gasteiger partial charge is 0.303 e. The summed E-state index contributed by atoms with van der Waals surface area (Å²) in [6, 6.07) is 28.2. The van der Waals surface area contributed by atoms with E-state index in [-0.39, 0.29) is 28.7 Å². The lowest BCUT2D eigenvalue weighted by molar-refractivity contribution is -0.113. The minimum Gasteiger partial charge on any atom is -0.303 e. The Bertz CT molecular complexity index is 1030. The number of rotatable bonds is 7. The number of ketones is 2. The van der Waals surface area contributed by atoms with Gasteiger partial charge in [0.2, 0.25) is 0 Å². The highest BCUT2D eigenvalue weighted by Gasteiger charge is 2.44. The summed E-state index contributed by atoms with van der Waals surface area (Å²) in [6.07, 6.45) is 1.27. The van der Waals surface area contributed by atoms with Crippen LogP contribution in [0.2, 0.25) is 0 Å². The third-order valence-electron chi connectivity index (χ3n) is 5.98. The number of thioether (sulfide) groups is 1. The lowest BCUT2D eigenvalue weighted by atomic mass is 9.73. The molecule has 0 unspecified atom stereocenters. The molecule has 0 saturated carbocycles. The fourth-order valence-electron chi connectivity index (χ4n) is 4.39. The Morgan fingerprint density at radius 2 is 1.35 bits per heavy atom. The van der Waals surface area contributed by atoms with E-state index in [1.54, 1.807) is 11.8 Å². The Labute approximate surface area is 186 Å². The first kappa shape index (κ1) is 21.3. The molecule has 1 aliphatic rings. The molecule has 31 heavy (non-hydrogen) atoms. The van der Waals surface area contributed by atoms with Crippen molar-refractivity contribution in [1.29, 1.82) is 0 Å². The molecule has 3 aromatic carbocycles. The predicted molar refractivity (Wildman–Crippen MR) is 125 cm³/mol. The highest BCUT2D eigenvalue weighted by atomic mass is 32.2. The van der Waals surface area contributed by atoms with E-state index in [9.17, 15) is 14.4 Å². The molecule has 1 saturated heterocycles. The molecule has 0 amide bonds. The molecular formula is C27H24O3S. The molecule has 0 aromatic heterocycles. The van der Waals surface area contributed by atoms with Crippen LogP contribution in [0.25, 0.3) is 0 Å². The molecule has 1 aliphatic heterocycles. The van der Waals surface area contributed by atoms with Crippen LogP contribution in [0.4, 0.5) is 0 Å². The van der Waals surface area contributed by atoms with Crippen molar-refractivity contribution >= 4 is 29.6 Å². The van der Waals surface area contributed by atoms with Crippen molar-refractivity contribution in [2.75, 3.05) is 5.75 Å². The normalized spacial score (nSPS) is 23.1. The van der Waals surface area contributed by atoms with Crippen LogP contribution in [0, 0.1) is 11.8 Å². The van der Waals surface area contributed by atoms with Gasteiger partial charge in [-0.2, -0.15) is 0 Å². The van der Waals surface area contributed by atoms with Gasteiger partial charge in [-0.3, -0.25) is 9.59 Å². The van der Waals surface area contributed by atoms with E-state index in [1.807, 2.05) is 91.0 Å². The van der Waals surface area contributed by atoms with Gasteiger partial charge in [-0.05, 0) is 17.2 Å². The van der Waals surface area contributed by atoms with Crippen molar-refractivity contribution in [3.63, 3.8) is 0 Å². The number of carbonyl (C=O) groups excluding carboxylic acids is 3. The molecule has 0 aliphatic carbocycles. The van der Waals surface area contributed by atoms with Crippen molar-refractivity contribution in [2.45, 2.75) is 17.6 Å². The van der Waals surface area contributed by atoms with Crippen LogP contribution in [0.3, 0.4) is 0 Å². The Hall–Kier alpha value is -2.98. The minimum atomic E-state index is -0.394. The van der Waals surface area contributed by atoms with E-state index in [0.29, 0.717) is 23.3 Å². The number of hydrogen-bond donors (Lipinski definition) is 0. The molecule has 4 heteroatoms. The SMILES string of the molecule is O=C[C@H]1[C@H](CC(=O)c2ccccc2)CS[C@@H](C(=O)c2ccccc2)[C@@H]1c1ccccc1. The van der Waals surface area contributed by atoms with E-state index in [2.05, 4.69) is 0 Å². The molecule has 0 radical (unpaired) electrons. The van der Waals surface area contributed by atoms with E-state index in [1.165, 1.54) is 0 Å². The molecule has 1 fully saturated rings. The van der Waals surface area contributed by atoms with Crippen LogP contribution in [0.5, 0.6) is 0 Å². The van der Waals surface area contributed by atoms with Crippen LogP contribution in [-0.2, 0) is 4.79 Å². The number of Topliss-reactive ketones (excluding diaryl/α,β-unsaturated/α-hetero) is 2. The molecular weight excluding hydrogens is 404 g/mol. The quantitative estimate of drug-likeness (QED) is 0.370. The highest BCUT2D eigenvalue weighted by Crippen LogP contribution is 2.46. The van der Waals surface area contributed by atoms with Gasteiger partial charge in [0.15, 0.2) is 11.6 Å². The number of benzene rings is 3. The molecule has 3 aromatic rings. The van der Waals surface area contributed by atoms with Gasteiger partial charge in [-0.1, -0.05) is 91.0 Å². The summed E-state index contributed by atoms with van der Waals surface area (Å²) >= 11 is 1.57. The summed E-state index contributed by atoms with van der Waals surface area (Å²) in [7, 11) is 0. The van der Waals surface area contributed by atoms with E-state index in [4.69, 9.17) is 0 Å². The van der Waals surface area contributed by atoms with Gasteiger partial charge in [-0.15, -0.1) is 11.8 Å². The molecule has 0 N–H and O–H groups in total. The molecule has 4 atom stereocenters. The molecule has 0 spiro atoms. The minimum absolute atomic E-state index is 0.0395. The zero-order chi connectivity index (χ0) is 21.6. The van der Waals surface area contributed by atoms with Crippen LogP contribution >= 0.6 is 11.8 Å². The predicted octanol–water partition coefficient (Wildman–Crippen LogP) is 5.47. The van der Waals surface area contributed by atoms with Gasteiger partial charge < -0.3 is 4.79 Å². The summed E-state index contributed by atoms with van der Waals surface area (Å²) in [6.45, 7) is 0. The van der Waals surface area contributed by atoms with Crippen LogP contribution < -0.4 is 0 Å².